The summed E-state index contributed by atoms with van der Waals surface area (Å²) in [5, 5.41) is 5.18. The fourth-order valence-electron chi connectivity index (χ4n) is 5.58. The summed E-state index contributed by atoms with van der Waals surface area (Å²) in [6, 6.07) is 18.4. The molecule has 0 bridgehead atoms. The number of likely N-dealkylation sites (N-methyl/N-ethyl adjacent to an activating group) is 1. The fraction of sp³-hybridized carbons (Fsp3) is 0.219. The molecule has 1 fully saturated rings. The van der Waals surface area contributed by atoms with E-state index in [4.69, 9.17) is 5.73 Å². The minimum atomic E-state index is -0.527. The van der Waals surface area contributed by atoms with Crippen LogP contribution in [-0.4, -0.2) is 64.8 Å². The minimum absolute atomic E-state index is 0.000677. The summed E-state index contributed by atoms with van der Waals surface area (Å²) >= 11 is 0. The lowest BCUT2D eigenvalue weighted by atomic mass is 9.93. The topological polar surface area (TPSA) is 107 Å². The highest BCUT2D eigenvalue weighted by atomic mass is 19.1. The molecule has 0 saturated carbocycles. The SMILES string of the molecule is Cc1c(NCc2ccc(F)cn2)cccc1-c1ccc(C(N)=O)c2[nH]c3cc(C(=O)N4CCN(C)CC4)ccc3c12. The van der Waals surface area contributed by atoms with Gasteiger partial charge in [0.1, 0.15) is 5.82 Å². The number of carbonyl (C=O) groups is 2. The largest absolute Gasteiger partial charge is 0.379 e. The molecular weight excluding hydrogens is 519 g/mol. The lowest BCUT2D eigenvalue weighted by Gasteiger charge is -2.32. The van der Waals surface area contributed by atoms with Gasteiger partial charge in [0.25, 0.3) is 11.8 Å². The van der Waals surface area contributed by atoms with E-state index in [0.29, 0.717) is 36.3 Å². The Labute approximate surface area is 237 Å². The van der Waals surface area contributed by atoms with E-state index < -0.39 is 5.91 Å². The molecule has 0 aliphatic carbocycles. The van der Waals surface area contributed by atoms with Crippen molar-refractivity contribution in [2.24, 2.45) is 5.73 Å². The molecule has 4 N–H and O–H groups in total. The van der Waals surface area contributed by atoms with Crippen LogP contribution in [0.3, 0.4) is 0 Å². The van der Waals surface area contributed by atoms with Crippen LogP contribution in [0, 0.1) is 12.7 Å². The number of carbonyl (C=O) groups excluding carboxylic acids is 2. The van der Waals surface area contributed by atoms with Crippen molar-refractivity contribution in [2.45, 2.75) is 13.5 Å². The van der Waals surface area contributed by atoms with Crippen molar-refractivity contribution in [3.63, 3.8) is 0 Å². The van der Waals surface area contributed by atoms with Crippen LogP contribution in [0.15, 0.2) is 66.9 Å². The average Bonchev–Trinajstić information content (AvgIpc) is 3.36. The summed E-state index contributed by atoms with van der Waals surface area (Å²) in [5.74, 6) is -0.898. The maximum absolute atomic E-state index is 13.3. The molecule has 0 radical (unpaired) electrons. The number of pyridine rings is 1. The summed E-state index contributed by atoms with van der Waals surface area (Å²) in [4.78, 5) is 37.3. The Bertz CT molecular complexity index is 1790. The maximum atomic E-state index is 13.3. The number of hydrogen-bond acceptors (Lipinski definition) is 5. The highest BCUT2D eigenvalue weighted by Crippen LogP contribution is 2.39. The molecule has 41 heavy (non-hydrogen) atoms. The smallest absolute Gasteiger partial charge is 0.254 e. The van der Waals surface area contributed by atoms with Crippen molar-refractivity contribution in [3.05, 3.63) is 95.1 Å². The Morgan fingerprint density at radius 3 is 2.56 bits per heavy atom. The first-order chi connectivity index (χ1) is 19.8. The van der Waals surface area contributed by atoms with Gasteiger partial charge in [-0.05, 0) is 67.1 Å². The maximum Gasteiger partial charge on any atom is 0.254 e. The molecule has 0 atom stereocenters. The van der Waals surface area contributed by atoms with Crippen LogP contribution in [0.4, 0.5) is 10.1 Å². The molecule has 1 aliphatic heterocycles. The van der Waals surface area contributed by atoms with Crippen LogP contribution in [0.25, 0.3) is 32.9 Å². The zero-order valence-electron chi connectivity index (χ0n) is 23.0. The minimum Gasteiger partial charge on any atom is -0.379 e. The standard InChI is InChI=1S/C32H31FN6O2/c1-19-23(4-3-5-27(19)36-18-22-8-7-21(33)17-35-22)24-10-11-26(31(34)40)30-29(24)25-9-6-20(16-28(25)37-30)32(41)39-14-12-38(2)13-15-39/h3-11,16-17,36-37H,12-15,18H2,1-2H3,(H2,34,40). The molecule has 3 aromatic carbocycles. The molecule has 0 spiro atoms. The molecule has 5 aromatic rings. The van der Waals surface area contributed by atoms with E-state index in [1.165, 1.54) is 12.3 Å². The van der Waals surface area contributed by atoms with Gasteiger partial charge in [0.05, 0.1) is 29.5 Å². The number of nitrogens with one attached hydrogen (secondary N) is 2. The highest BCUT2D eigenvalue weighted by molar-refractivity contribution is 6.20. The number of H-pyrrole nitrogens is 1. The molecule has 8 nitrogen and oxygen atoms in total. The second kappa shape index (κ2) is 10.7. The van der Waals surface area contributed by atoms with Gasteiger partial charge in [-0.25, -0.2) is 4.39 Å². The van der Waals surface area contributed by atoms with Gasteiger partial charge in [0, 0.05) is 53.7 Å². The van der Waals surface area contributed by atoms with Crippen molar-refractivity contribution in [1.29, 1.82) is 0 Å². The van der Waals surface area contributed by atoms with Crippen LogP contribution in [0.1, 0.15) is 32.0 Å². The number of rotatable bonds is 6. The quantitative estimate of drug-likeness (QED) is 0.278. The summed E-state index contributed by atoms with van der Waals surface area (Å²) in [5.41, 5.74) is 12.8. The molecule has 1 aliphatic rings. The number of piperazine rings is 1. The van der Waals surface area contributed by atoms with Crippen molar-refractivity contribution in [3.8, 4) is 11.1 Å². The predicted molar refractivity (Wildman–Crippen MR) is 159 cm³/mol. The van der Waals surface area contributed by atoms with Gasteiger partial charge in [-0.1, -0.05) is 24.3 Å². The second-order valence-corrected chi connectivity index (χ2v) is 10.6. The average molecular weight is 551 g/mol. The van der Waals surface area contributed by atoms with Crippen LogP contribution < -0.4 is 11.1 Å². The number of aromatic nitrogens is 2. The van der Waals surface area contributed by atoms with Gasteiger partial charge >= 0.3 is 0 Å². The monoisotopic (exact) mass is 550 g/mol. The van der Waals surface area contributed by atoms with Gasteiger partial charge in [-0.15, -0.1) is 0 Å². The van der Waals surface area contributed by atoms with E-state index in [-0.39, 0.29) is 11.7 Å². The number of primary amides is 1. The number of aromatic amines is 1. The van der Waals surface area contributed by atoms with Crippen molar-refractivity contribution in [2.75, 3.05) is 38.5 Å². The van der Waals surface area contributed by atoms with E-state index in [9.17, 15) is 14.0 Å². The van der Waals surface area contributed by atoms with E-state index in [0.717, 1.165) is 57.5 Å². The van der Waals surface area contributed by atoms with E-state index >= 15 is 0 Å². The lowest BCUT2D eigenvalue weighted by molar-refractivity contribution is 0.0664. The third kappa shape index (κ3) is 5.00. The number of benzene rings is 3. The summed E-state index contributed by atoms with van der Waals surface area (Å²) in [6.45, 7) is 5.55. The zero-order chi connectivity index (χ0) is 28.7. The normalized spacial score (nSPS) is 14.1. The van der Waals surface area contributed by atoms with Crippen LogP contribution in [0.2, 0.25) is 0 Å². The number of fused-ring (bicyclic) bond motifs is 3. The Hall–Kier alpha value is -4.76. The summed E-state index contributed by atoms with van der Waals surface area (Å²) in [6.07, 6.45) is 1.21. The summed E-state index contributed by atoms with van der Waals surface area (Å²) in [7, 11) is 2.06. The van der Waals surface area contributed by atoms with Crippen molar-refractivity contribution < 1.29 is 14.0 Å². The molecule has 0 unspecified atom stereocenters. The van der Waals surface area contributed by atoms with Gasteiger partial charge in [0.2, 0.25) is 0 Å². The predicted octanol–water partition coefficient (Wildman–Crippen LogP) is 4.93. The first kappa shape index (κ1) is 26.5. The second-order valence-electron chi connectivity index (χ2n) is 10.6. The van der Waals surface area contributed by atoms with Crippen LogP contribution >= 0.6 is 0 Å². The third-order valence-electron chi connectivity index (χ3n) is 7.93. The number of anilines is 1. The molecule has 2 amide bonds. The van der Waals surface area contributed by atoms with Crippen LogP contribution in [-0.2, 0) is 6.54 Å². The van der Waals surface area contributed by atoms with Gasteiger partial charge in [-0.3, -0.25) is 14.6 Å². The summed E-state index contributed by atoms with van der Waals surface area (Å²) < 4.78 is 13.3. The van der Waals surface area contributed by atoms with Gasteiger partial charge in [0.15, 0.2) is 0 Å². The van der Waals surface area contributed by atoms with Crippen molar-refractivity contribution >= 4 is 39.3 Å². The number of nitrogens with two attached hydrogens (primary N) is 1. The Morgan fingerprint density at radius 2 is 1.83 bits per heavy atom. The van der Waals surface area contributed by atoms with Gasteiger partial charge < -0.3 is 25.8 Å². The Morgan fingerprint density at radius 1 is 1.02 bits per heavy atom. The van der Waals surface area contributed by atoms with Gasteiger partial charge in [-0.2, -0.15) is 0 Å². The molecule has 208 valence electrons. The molecule has 1 saturated heterocycles. The molecule has 2 aromatic heterocycles. The Balaban J connectivity index is 1.41. The van der Waals surface area contributed by atoms with Crippen LogP contribution in [0.5, 0.6) is 0 Å². The van der Waals surface area contributed by atoms with Crippen molar-refractivity contribution in [1.82, 2.24) is 19.8 Å². The lowest BCUT2D eigenvalue weighted by Crippen LogP contribution is -2.47. The number of hydrogen-bond donors (Lipinski definition) is 3. The Kier molecular flexibility index (Phi) is 6.88. The number of amides is 2. The number of halogens is 1. The fourth-order valence-corrected chi connectivity index (χ4v) is 5.58. The zero-order valence-corrected chi connectivity index (χ0v) is 23.0. The van der Waals surface area contributed by atoms with E-state index in [2.05, 4.69) is 27.2 Å². The molecule has 3 heterocycles. The van der Waals surface area contributed by atoms with E-state index in [1.54, 1.807) is 12.1 Å². The first-order valence-electron chi connectivity index (χ1n) is 13.6. The molecule has 9 heteroatoms. The molecule has 6 rings (SSSR count). The first-order valence-corrected chi connectivity index (χ1v) is 13.6. The van der Waals surface area contributed by atoms with E-state index in [1.807, 2.05) is 54.3 Å². The molecular formula is C32H31FN6O2. The number of nitrogens with zero attached hydrogens (tertiary/aromatic N) is 3. The third-order valence-corrected chi connectivity index (χ3v) is 7.93. The highest BCUT2D eigenvalue weighted by Gasteiger charge is 2.23.